The molecule has 19 heavy (non-hydrogen) atoms. The van der Waals surface area contributed by atoms with Crippen LogP contribution in [0.1, 0.15) is 23.8 Å². The zero-order valence-corrected chi connectivity index (χ0v) is 12.2. The van der Waals surface area contributed by atoms with E-state index < -0.39 is 11.9 Å². The highest BCUT2D eigenvalue weighted by Gasteiger charge is 2.17. The van der Waals surface area contributed by atoms with E-state index in [2.05, 4.69) is 10.3 Å². The zero-order chi connectivity index (χ0) is 14.6. The molecule has 104 valence electrons. The number of rotatable bonds is 5. The Kier molecular flexibility index (Phi) is 5.85. The van der Waals surface area contributed by atoms with Gasteiger partial charge in [0.05, 0.1) is 15.1 Å². The number of aliphatic carboxylic acids is 1. The Morgan fingerprint density at radius 1 is 1.37 bits per heavy atom. The SMILES string of the molecule is CC(CNC(=O)c1ncc(Cl)c(Cl)c1Cl)CC(=O)O. The van der Waals surface area contributed by atoms with Gasteiger partial charge in [0, 0.05) is 19.2 Å². The van der Waals surface area contributed by atoms with Gasteiger partial charge in [0.25, 0.3) is 5.91 Å². The molecule has 8 heteroatoms. The predicted octanol–water partition coefficient (Wildman–Crippen LogP) is 2.88. The molecule has 1 aromatic heterocycles. The molecule has 0 aliphatic rings. The highest BCUT2D eigenvalue weighted by molar-refractivity contribution is 6.48. The van der Waals surface area contributed by atoms with E-state index in [4.69, 9.17) is 39.9 Å². The Morgan fingerprint density at radius 2 is 2.00 bits per heavy atom. The minimum absolute atomic E-state index is 0.0300. The number of nitrogens with zero attached hydrogens (tertiary/aromatic N) is 1. The molecule has 0 radical (unpaired) electrons. The summed E-state index contributed by atoms with van der Waals surface area (Å²) in [5, 5.41) is 11.3. The van der Waals surface area contributed by atoms with Gasteiger partial charge in [-0.1, -0.05) is 41.7 Å². The van der Waals surface area contributed by atoms with Crippen LogP contribution in [-0.2, 0) is 4.79 Å². The number of carboxylic acid groups (broad SMARTS) is 1. The number of aromatic nitrogens is 1. The van der Waals surface area contributed by atoms with Gasteiger partial charge in [-0.25, -0.2) is 4.98 Å². The Balaban J connectivity index is 2.69. The van der Waals surface area contributed by atoms with Crippen LogP contribution < -0.4 is 5.32 Å². The van der Waals surface area contributed by atoms with Crippen molar-refractivity contribution in [2.75, 3.05) is 6.54 Å². The number of hydrogen-bond acceptors (Lipinski definition) is 3. The molecule has 1 unspecified atom stereocenters. The molecule has 5 nitrogen and oxygen atoms in total. The normalized spacial score (nSPS) is 12.0. The fourth-order valence-electron chi connectivity index (χ4n) is 1.32. The first kappa shape index (κ1) is 16.0. The van der Waals surface area contributed by atoms with E-state index >= 15 is 0 Å². The number of carbonyl (C=O) groups is 2. The molecule has 0 aliphatic heterocycles. The Labute approximate surface area is 124 Å². The van der Waals surface area contributed by atoms with Gasteiger partial charge in [-0.15, -0.1) is 0 Å². The molecular weight excluding hydrogens is 314 g/mol. The van der Waals surface area contributed by atoms with E-state index in [1.54, 1.807) is 6.92 Å². The van der Waals surface area contributed by atoms with Crippen LogP contribution in [0.15, 0.2) is 6.20 Å². The van der Waals surface area contributed by atoms with Gasteiger partial charge >= 0.3 is 5.97 Å². The smallest absolute Gasteiger partial charge is 0.303 e. The van der Waals surface area contributed by atoms with Gasteiger partial charge in [-0.3, -0.25) is 9.59 Å². The fraction of sp³-hybridized carbons (Fsp3) is 0.364. The van der Waals surface area contributed by atoms with Crippen LogP contribution in [0.5, 0.6) is 0 Å². The second-order valence-corrected chi connectivity index (χ2v) is 5.16. The molecule has 0 spiro atoms. The third-order valence-corrected chi connectivity index (χ3v) is 3.51. The van der Waals surface area contributed by atoms with Crippen molar-refractivity contribution in [1.82, 2.24) is 10.3 Å². The maximum atomic E-state index is 11.8. The van der Waals surface area contributed by atoms with E-state index in [1.807, 2.05) is 0 Å². The van der Waals surface area contributed by atoms with E-state index in [1.165, 1.54) is 6.20 Å². The quantitative estimate of drug-likeness (QED) is 0.872. The van der Waals surface area contributed by atoms with Crippen molar-refractivity contribution >= 4 is 46.7 Å². The molecule has 1 rings (SSSR count). The Hall–Kier alpha value is -1.04. The van der Waals surface area contributed by atoms with Crippen molar-refractivity contribution in [3.05, 3.63) is 27.0 Å². The van der Waals surface area contributed by atoms with E-state index in [0.29, 0.717) is 0 Å². The minimum atomic E-state index is -0.924. The molecule has 0 saturated carbocycles. The summed E-state index contributed by atoms with van der Waals surface area (Å²) in [5.74, 6) is -1.66. The second kappa shape index (κ2) is 6.93. The third-order valence-electron chi connectivity index (χ3n) is 2.27. The number of hydrogen-bond donors (Lipinski definition) is 2. The van der Waals surface area contributed by atoms with E-state index in [0.717, 1.165) is 0 Å². The van der Waals surface area contributed by atoms with Crippen LogP contribution in [0, 0.1) is 5.92 Å². The summed E-state index contributed by atoms with van der Waals surface area (Å²) in [6, 6.07) is 0. The monoisotopic (exact) mass is 324 g/mol. The first-order chi connectivity index (χ1) is 8.82. The summed E-state index contributed by atoms with van der Waals surface area (Å²) in [4.78, 5) is 26.1. The van der Waals surface area contributed by atoms with Crippen LogP contribution in [-0.4, -0.2) is 28.5 Å². The number of nitrogens with one attached hydrogen (secondary N) is 1. The van der Waals surface area contributed by atoms with Crippen molar-refractivity contribution in [2.24, 2.45) is 5.92 Å². The van der Waals surface area contributed by atoms with Crippen molar-refractivity contribution in [1.29, 1.82) is 0 Å². The summed E-state index contributed by atoms with van der Waals surface area (Å²) in [5.41, 5.74) is -0.0430. The minimum Gasteiger partial charge on any atom is -0.481 e. The molecule has 0 aliphatic carbocycles. The van der Waals surface area contributed by atoms with Gasteiger partial charge in [0.2, 0.25) is 0 Å². The van der Waals surface area contributed by atoms with Crippen LogP contribution in [0.3, 0.4) is 0 Å². The molecule has 0 bridgehead atoms. The maximum Gasteiger partial charge on any atom is 0.303 e. The number of pyridine rings is 1. The highest BCUT2D eigenvalue weighted by Crippen LogP contribution is 2.30. The lowest BCUT2D eigenvalue weighted by atomic mass is 10.1. The highest BCUT2D eigenvalue weighted by atomic mass is 35.5. The second-order valence-electron chi connectivity index (χ2n) is 4.00. The van der Waals surface area contributed by atoms with Gasteiger partial charge in [-0.2, -0.15) is 0 Å². The summed E-state index contributed by atoms with van der Waals surface area (Å²) in [6.45, 7) is 1.90. The summed E-state index contributed by atoms with van der Waals surface area (Å²) >= 11 is 17.4. The van der Waals surface area contributed by atoms with Gasteiger partial charge < -0.3 is 10.4 Å². The molecule has 0 aromatic carbocycles. The van der Waals surface area contributed by atoms with Gasteiger partial charge in [-0.05, 0) is 5.92 Å². The molecule has 1 atom stereocenters. The lowest BCUT2D eigenvalue weighted by molar-refractivity contribution is -0.137. The zero-order valence-electron chi connectivity index (χ0n) is 9.91. The molecule has 1 heterocycles. The molecule has 2 N–H and O–H groups in total. The summed E-state index contributed by atoms with van der Waals surface area (Å²) < 4.78 is 0. The summed E-state index contributed by atoms with van der Waals surface area (Å²) in [6.07, 6.45) is 1.19. The largest absolute Gasteiger partial charge is 0.481 e. The van der Waals surface area contributed by atoms with Crippen molar-refractivity contribution < 1.29 is 14.7 Å². The molecule has 1 amide bonds. The molecule has 0 fully saturated rings. The third kappa shape index (κ3) is 4.53. The average molecular weight is 326 g/mol. The fourth-order valence-corrected chi connectivity index (χ4v) is 1.89. The number of carbonyl (C=O) groups excluding carboxylic acids is 1. The average Bonchev–Trinajstić information content (AvgIpc) is 2.32. The number of amides is 1. The van der Waals surface area contributed by atoms with E-state index in [9.17, 15) is 9.59 Å². The summed E-state index contributed by atoms with van der Waals surface area (Å²) in [7, 11) is 0. The van der Waals surface area contributed by atoms with Crippen molar-refractivity contribution in [3.8, 4) is 0 Å². The van der Waals surface area contributed by atoms with Gasteiger partial charge in [0.15, 0.2) is 0 Å². The maximum absolute atomic E-state index is 11.8. The molecule has 1 aromatic rings. The lowest BCUT2D eigenvalue weighted by Crippen LogP contribution is -2.30. The van der Waals surface area contributed by atoms with Crippen molar-refractivity contribution in [2.45, 2.75) is 13.3 Å². The van der Waals surface area contributed by atoms with Crippen LogP contribution in [0.4, 0.5) is 0 Å². The molecule has 0 saturated heterocycles. The van der Waals surface area contributed by atoms with Crippen LogP contribution in [0.2, 0.25) is 15.1 Å². The lowest BCUT2D eigenvalue weighted by Gasteiger charge is -2.11. The molecular formula is C11H11Cl3N2O3. The topological polar surface area (TPSA) is 79.3 Å². The van der Waals surface area contributed by atoms with Crippen molar-refractivity contribution in [3.63, 3.8) is 0 Å². The Bertz CT molecular complexity index is 508. The first-order valence-electron chi connectivity index (χ1n) is 5.32. The first-order valence-corrected chi connectivity index (χ1v) is 6.45. The van der Waals surface area contributed by atoms with E-state index in [-0.39, 0.29) is 39.6 Å². The standard InChI is InChI=1S/C11H11Cl3N2O3/c1-5(2-7(17)18)3-16-11(19)10-9(14)8(13)6(12)4-15-10/h4-5H,2-3H2,1H3,(H,16,19)(H,17,18). The van der Waals surface area contributed by atoms with Crippen LogP contribution in [0.25, 0.3) is 0 Å². The number of carboxylic acids is 1. The number of halogens is 3. The van der Waals surface area contributed by atoms with Crippen LogP contribution >= 0.6 is 34.8 Å². The Morgan fingerprint density at radius 3 is 2.58 bits per heavy atom. The van der Waals surface area contributed by atoms with Gasteiger partial charge in [0.1, 0.15) is 5.69 Å². The predicted molar refractivity (Wildman–Crippen MR) is 73.0 cm³/mol.